The van der Waals surface area contributed by atoms with Crippen molar-refractivity contribution in [2.45, 2.75) is 0 Å². The lowest BCUT2D eigenvalue weighted by Crippen LogP contribution is -2.50. The molecule has 28 heavy (non-hydrogen) atoms. The summed E-state index contributed by atoms with van der Waals surface area (Å²) >= 11 is 6.12. The zero-order chi connectivity index (χ0) is 19.3. The van der Waals surface area contributed by atoms with Crippen LogP contribution in [0, 0.1) is 0 Å². The summed E-state index contributed by atoms with van der Waals surface area (Å²) < 4.78 is 10.4. The van der Waals surface area contributed by atoms with Crippen LogP contribution < -0.4 is 9.64 Å². The van der Waals surface area contributed by atoms with E-state index in [0.29, 0.717) is 48.5 Å². The van der Waals surface area contributed by atoms with Gasteiger partial charge in [0.05, 0.1) is 5.02 Å². The van der Waals surface area contributed by atoms with Gasteiger partial charge in [-0.2, -0.15) is 4.98 Å². The molecule has 1 aromatic carbocycles. The molecule has 1 saturated heterocycles. The molecule has 0 aliphatic carbocycles. The van der Waals surface area contributed by atoms with Gasteiger partial charge in [0.2, 0.25) is 11.8 Å². The van der Waals surface area contributed by atoms with Crippen molar-refractivity contribution < 1.29 is 14.1 Å². The van der Waals surface area contributed by atoms with Crippen LogP contribution in [0.3, 0.4) is 0 Å². The van der Waals surface area contributed by atoms with Crippen LogP contribution in [-0.2, 0) is 4.79 Å². The average molecular weight is 401 g/mol. The SMILES string of the molecule is O=C(COc1nc(-c2ccccc2Cl)no1)N1CCN(c2ncccn2)CC1. The Morgan fingerprint density at radius 2 is 1.86 bits per heavy atom. The maximum absolute atomic E-state index is 12.4. The highest BCUT2D eigenvalue weighted by atomic mass is 35.5. The zero-order valence-electron chi connectivity index (χ0n) is 14.9. The molecule has 0 saturated carbocycles. The van der Waals surface area contributed by atoms with E-state index in [2.05, 4.69) is 20.1 Å². The van der Waals surface area contributed by atoms with Gasteiger partial charge in [-0.3, -0.25) is 9.32 Å². The van der Waals surface area contributed by atoms with Crippen molar-refractivity contribution in [3.63, 3.8) is 0 Å². The largest absolute Gasteiger partial charge is 0.439 e. The van der Waals surface area contributed by atoms with Gasteiger partial charge in [0.15, 0.2) is 6.61 Å². The van der Waals surface area contributed by atoms with Crippen LogP contribution in [0.25, 0.3) is 11.4 Å². The summed E-state index contributed by atoms with van der Waals surface area (Å²) in [5.74, 6) is 0.833. The van der Waals surface area contributed by atoms with E-state index in [-0.39, 0.29) is 18.6 Å². The third kappa shape index (κ3) is 4.04. The van der Waals surface area contributed by atoms with Crippen LogP contribution in [0.5, 0.6) is 6.08 Å². The van der Waals surface area contributed by atoms with Crippen LogP contribution >= 0.6 is 11.6 Å². The van der Waals surface area contributed by atoms with Crippen LogP contribution in [0.15, 0.2) is 47.2 Å². The van der Waals surface area contributed by atoms with E-state index in [1.54, 1.807) is 35.5 Å². The maximum Gasteiger partial charge on any atom is 0.418 e. The summed E-state index contributed by atoms with van der Waals surface area (Å²) in [6, 6.07) is 8.91. The Hall–Kier alpha value is -3.20. The van der Waals surface area contributed by atoms with Gasteiger partial charge in [-0.25, -0.2) is 9.97 Å². The second-order valence-electron chi connectivity index (χ2n) is 6.07. The molecule has 0 bridgehead atoms. The van der Waals surface area contributed by atoms with Gasteiger partial charge in [-0.1, -0.05) is 28.9 Å². The average Bonchev–Trinajstić information content (AvgIpc) is 3.22. The summed E-state index contributed by atoms with van der Waals surface area (Å²) in [5, 5.41) is 4.35. The number of halogens is 1. The number of nitrogens with zero attached hydrogens (tertiary/aromatic N) is 6. The highest BCUT2D eigenvalue weighted by molar-refractivity contribution is 6.33. The van der Waals surface area contributed by atoms with Crippen molar-refractivity contribution in [2.24, 2.45) is 0 Å². The van der Waals surface area contributed by atoms with Crippen LogP contribution in [-0.4, -0.2) is 63.7 Å². The Morgan fingerprint density at radius 3 is 2.61 bits per heavy atom. The Kier molecular flexibility index (Phi) is 5.34. The van der Waals surface area contributed by atoms with E-state index in [9.17, 15) is 4.79 Å². The molecule has 0 spiro atoms. The Bertz CT molecular complexity index is 943. The fraction of sp³-hybridized carbons (Fsp3) is 0.278. The van der Waals surface area contributed by atoms with E-state index >= 15 is 0 Å². The first-order valence-electron chi connectivity index (χ1n) is 8.72. The first kappa shape index (κ1) is 18.2. The minimum absolute atomic E-state index is 0.0698. The molecule has 2 aromatic heterocycles. The molecule has 1 aliphatic rings. The van der Waals surface area contributed by atoms with Crippen molar-refractivity contribution >= 4 is 23.5 Å². The minimum atomic E-state index is -0.175. The van der Waals surface area contributed by atoms with Crippen molar-refractivity contribution in [1.29, 1.82) is 0 Å². The minimum Gasteiger partial charge on any atom is -0.439 e. The third-order valence-electron chi connectivity index (χ3n) is 4.31. The number of hydrogen-bond donors (Lipinski definition) is 0. The summed E-state index contributed by atoms with van der Waals surface area (Å²) in [7, 11) is 0. The zero-order valence-corrected chi connectivity index (χ0v) is 15.6. The van der Waals surface area contributed by atoms with E-state index in [1.807, 2.05) is 17.0 Å². The molecule has 1 fully saturated rings. The predicted octanol–water partition coefficient (Wildman–Crippen LogP) is 1.91. The summed E-state index contributed by atoms with van der Waals surface area (Å²) in [6.45, 7) is 2.27. The number of piperazine rings is 1. The molecule has 4 rings (SSSR count). The molecule has 10 heteroatoms. The third-order valence-corrected chi connectivity index (χ3v) is 4.64. The highest BCUT2D eigenvalue weighted by Crippen LogP contribution is 2.26. The van der Waals surface area contributed by atoms with E-state index in [1.165, 1.54) is 0 Å². The summed E-state index contributed by atoms with van der Waals surface area (Å²) in [5.41, 5.74) is 0.633. The summed E-state index contributed by atoms with van der Waals surface area (Å²) in [6.07, 6.45) is 3.34. The van der Waals surface area contributed by atoms with Gasteiger partial charge >= 0.3 is 6.08 Å². The van der Waals surface area contributed by atoms with Gasteiger partial charge in [-0.05, 0) is 18.2 Å². The molecular formula is C18H17ClN6O3. The second kappa shape index (κ2) is 8.22. The molecular weight excluding hydrogens is 384 g/mol. The number of rotatable bonds is 5. The Morgan fingerprint density at radius 1 is 1.11 bits per heavy atom. The lowest BCUT2D eigenvalue weighted by molar-refractivity contribution is -0.134. The van der Waals surface area contributed by atoms with Crippen molar-refractivity contribution in [2.75, 3.05) is 37.7 Å². The molecule has 1 aliphatic heterocycles. The normalized spacial score (nSPS) is 14.2. The van der Waals surface area contributed by atoms with Gasteiger partial charge in [0.1, 0.15) is 0 Å². The molecule has 0 atom stereocenters. The topological polar surface area (TPSA) is 97.5 Å². The van der Waals surface area contributed by atoms with Gasteiger partial charge in [0.25, 0.3) is 5.91 Å². The molecule has 0 radical (unpaired) electrons. The number of carbonyl (C=O) groups is 1. The van der Waals surface area contributed by atoms with Crippen LogP contribution in [0.2, 0.25) is 5.02 Å². The fourth-order valence-electron chi connectivity index (χ4n) is 2.85. The number of amides is 1. The molecule has 1 amide bonds. The molecule has 0 unspecified atom stereocenters. The molecule has 144 valence electrons. The van der Waals surface area contributed by atoms with Crippen LogP contribution in [0.4, 0.5) is 5.95 Å². The highest BCUT2D eigenvalue weighted by Gasteiger charge is 2.23. The molecule has 3 heterocycles. The van der Waals surface area contributed by atoms with E-state index in [0.717, 1.165) is 0 Å². The van der Waals surface area contributed by atoms with Crippen molar-refractivity contribution in [3.8, 4) is 17.5 Å². The van der Waals surface area contributed by atoms with E-state index < -0.39 is 0 Å². The molecule has 3 aromatic rings. The van der Waals surface area contributed by atoms with Gasteiger partial charge in [-0.15, -0.1) is 0 Å². The second-order valence-corrected chi connectivity index (χ2v) is 6.48. The number of hydrogen-bond acceptors (Lipinski definition) is 8. The lowest BCUT2D eigenvalue weighted by Gasteiger charge is -2.34. The van der Waals surface area contributed by atoms with Crippen LogP contribution in [0.1, 0.15) is 0 Å². The quantitative estimate of drug-likeness (QED) is 0.640. The first-order chi connectivity index (χ1) is 13.7. The number of ether oxygens (including phenoxy) is 1. The predicted molar refractivity (Wildman–Crippen MR) is 101 cm³/mol. The Balaban J connectivity index is 1.29. The summed E-state index contributed by atoms with van der Waals surface area (Å²) in [4.78, 5) is 28.7. The van der Waals surface area contributed by atoms with Gasteiger partial charge < -0.3 is 14.5 Å². The fourth-order valence-corrected chi connectivity index (χ4v) is 3.07. The smallest absolute Gasteiger partial charge is 0.418 e. The molecule has 0 N–H and O–H groups in total. The standard InChI is InChI=1S/C18H17ClN6O3/c19-14-5-2-1-4-13(14)16-22-18(28-23-16)27-12-15(26)24-8-10-25(11-9-24)17-20-6-3-7-21-17/h1-7H,8-12H2. The maximum atomic E-state index is 12.4. The lowest BCUT2D eigenvalue weighted by atomic mass is 10.2. The molecule has 9 nitrogen and oxygen atoms in total. The number of aromatic nitrogens is 4. The van der Waals surface area contributed by atoms with Crippen molar-refractivity contribution in [3.05, 3.63) is 47.7 Å². The van der Waals surface area contributed by atoms with E-state index in [4.69, 9.17) is 20.9 Å². The van der Waals surface area contributed by atoms with Gasteiger partial charge in [0, 0.05) is 44.1 Å². The number of benzene rings is 1. The van der Waals surface area contributed by atoms with Crippen molar-refractivity contribution in [1.82, 2.24) is 25.0 Å². The number of anilines is 1. The Labute approximate surface area is 165 Å². The number of carbonyl (C=O) groups excluding carboxylic acids is 1. The monoisotopic (exact) mass is 400 g/mol. The first-order valence-corrected chi connectivity index (χ1v) is 9.09.